The number of carbonyl (C=O) groups is 1. The lowest BCUT2D eigenvalue weighted by molar-refractivity contribution is -0.128. The predicted molar refractivity (Wildman–Crippen MR) is 140 cm³/mol. The number of rotatable bonds is 6. The van der Waals surface area contributed by atoms with Gasteiger partial charge in [0.15, 0.2) is 6.10 Å². The Balaban J connectivity index is 1.89. The number of amides is 1. The maximum atomic E-state index is 13.3. The van der Waals surface area contributed by atoms with Gasteiger partial charge in [0.25, 0.3) is 5.91 Å². The number of fused-ring (bicyclic) bond motifs is 1. The summed E-state index contributed by atoms with van der Waals surface area (Å²) in [5.41, 5.74) is 4.34. The van der Waals surface area contributed by atoms with E-state index in [0.717, 1.165) is 34.3 Å². The first-order valence-electron chi connectivity index (χ1n) is 11.9. The highest BCUT2D eigenvalue weighted by molar-refractivity contribution is 7.92. The van der Waals surface area contributed by atoms with Crippen LogP contribution in [-0.2, 0) is 20.2 Å². The van der Waals surface area contributed by atoms with Crippen molar-refractivity contribution in [3.63, 3.8) is 0 Å². The first-order valence-corrected chi connectivity index (χ1v) is 13.8. The summed E-state index contributed by atoms with van der Waals surface area (Å²) < 4.78 is 38.1. The molecular weight excluding hydrogens is 464 g/mol. The third kappa shape index (κ3) is 5.74. The van der Waals surface area contributed by atoms with Gasteiger partial charge in [0.1, 0.15) is 11.5 Å². The van der Waals surface area contributed by atoms with Crippen LogP contribution in [0.2, 0.25) is 0 Å². The molecule has 0 saturated carbocycles. The minimum atomic E-state index is -3.62. The molecule has 8 heteroatoms. The Morgan fingerprint density at radius 1 is 1.14 bits per heavy atom. The number of hydrogen-bond acceptors (Lipinski definition) is 5. The number of nitrogens with one attached hydrogen (secondary N) is 1. The molecule has 1 amide bonds. The fraction of sp³-hybridized carbons (Fsp3) is 0.519. The highest BCUT2D eigenvalue weighted by Crippen LogP contribution is 2.39. The Labute approximate surface area is 209 Å². The van der Waals surface area contributed by atoms with E-state index in [2.05, 4.69) is 46.0 Å². The van der Waals surface area contributed by atoms with Crippen LogP contribution in [0.25, 0.3) is 0 Å². The van der Waals surface area contributed by atoms with Crippen LogP contribution >= 0.6 is 0 Å². The summed E-state index contributed by atoms with van der Waals surface area (Å²) in [5.74, 6) is 1.10. The largest absolute Gasteiger partial charge is 0.496 e. The third-order valence-electron chi connectivity index (χ3n) is 6.45. The zero-order valence-electron chi connectivity index (χ0n) is 22.2. The van der Waals surface area contributed by atoms with Crippen molar-refractivity contribution in [2.24, 2.45) is 0 Å². The van der Waals surface area contributed by atoms with Crippen LogP contribution in [0.1, 0.15) is 75.8 Å². The monoisotopic (exact) mass is 502 g/mol. The van der Waals surface area contributed by atoms with Crippen LogP contribution in [-0.4, -0.2) is 40.3 Å². The lowest BCUT2D eigenvalue weighted by atomic mass is 9.86. The molecule has 1 aliphatic heterocycles. The molecule has 0 aliphatic carbocycles. The highest BCUT2D eigenvalue weighted by atomic mass is 32.2. The van der Waals surface area contributed by atoms with Gasteiger partial charge in [-0.25, -0.2) is 8.42 Å². The second-order valence-corrected chi connectivity index (χ2v) is 12.6. The molecule has 0 bridgehead atoms. The zero-order valence-corrected chi connectivity index (χ0v) is 23.0. The van der Waals surface area contributed by atoms with Crippen molar-refractivity contribution in [3.05, 3.63) is 52.6 Å². The number of carbonyl (C=O) groups excluding carboxylic acids is 1. The van der Waals surface area contributed by atoms with E-state index in [-0.39, 0.29) is 29.8 Å². The minimum absolute atomic E-state index is 0.0865. The third-order valence-corrected chi connectivity index (χ3v) is 7.60. The van der Waals surface area contributed by atoms with Gasteiger partial charge in [0.2, 0.25) is 10.0 Å². The molecule has 0 saturated heterocycles. The molecule has 2 aromatic carbocycles. The second kappa shape index (κ2) is 9.72. The summed E-state index contributed by atoms with van der Waals surface area (Å²) >= 11 is 0. The number of ether oxygens (including phenoxy) is 2. The van der Waals surface area contributed by atoms with Crippen LogP contribution in [0.15, 0.2) is 30.3 Å². The molecule has 1 N–H and O–H groups in total. The maximum Gasteiger partial charge on any atom is 0.263 e. The van der Waals surface area contributed by atoms with Crippen LogP contribution in [0.4, 0.5) is 5.69 Å². The topological polar surface area (TPSA) is 84.9 Å². The number of methoxy groups -OCH3 is 1. The first kappa shape index (κ1) is 26.9. The second-order valence-electron chi connectivity index (χ2n) is 10.7. The van der Waals surface area contributed by atoms with E-state index >= 15 is 0 Å². The highest BCUT2D eigenvalue weighted by Gasteiger charge is 2.36. The lowest BCUT2D eigenvalue weighted by Crippen LogP contribution is -2.51. The van der Waals surface area contributed by atoms with Gasteiger partial charge in [-0.3, -0.25) is 9.10 Å². The molecule has 0 unspecified atom stereocenters. The van der Waals surface area contributed by atoms with Gasteiger partial charge in [-0.1, -0.05) is 40.7 Å². The van der Waals surface area contributed by atoms with E-state index in [4.69, 9.17) is 9.47 Å². The van der Waals surface area contributed by atoms with E-state index in [1.54, 1.807) is 13.2 Å². The lowest BCUT2D eigenvalue weighted by Gasteiger charge is -2.35. The standard InChI is InChI=1S/C27H38N2O5S/c1-16(2)20-14-21(17(3)12-24(20)33-8)18(4)28-26(30)25-15-29(35(9,31)32)22-13-19(27(5,6)7)10-11-23(22)34-25/h10-14,16,18,25H,15H2,1-9H3,(H,28,30)/t18-,25-/m0/s1. The number of anilines is 1. The fourth-order valence-electron chi connectivity index (χ4n) is 4.36. The normalized spacial score (nSPS) is 17.0. The molecule has 1 heterocycles. The predicted octanol–water partition coefficient (Wildman–Crippen LogP) is 4.83. The fourth-order valence-corrected chi connectivity index (χ4v) is 5.27. The van der Waals surface area contributed by atoms with Crippen molar-refractivity contribution in [3.8, 4) is 11.5 Å². The van der Waals surface area contributed by atoms with Crippen LogP contribution in [0, 0.1) is 6.92 Å². The van der Waals surface area contributed by atoms with Crippen LogP contribution in [0.5, 0.6) is 11.5 Å². The van der Waals surface area contributed by atoms with E-state index in [1.165, 1.54) is 4.31 Å². The van der Waals surface area contributed by atoms with Gasteiger partial charge in [0.05, 0.1) is 31.6 Å². The average Bonchev–Trinajstić information content (AvgIpc) is 2.75. The minimum Gasteiger partial charge on any atom is -0.496 e. The van der Waals surface area contributed by atoms with Crippen LogP contribution < -0.4 is 19.1 Å². The summed E-state index contributed by atoms with van der Waals surface area (Å²) in [6, 6.07) is 9.25. The molecule has 7 nitrogen and oxygen atoms in total. The van der Waals surface area contributed by atoms with Gasteiger partial charge in [0, 0.05) is 0 Å². The van der Waals surface area contributed by atoms with Crippen molar-refractivity contribution in [1.82, 2.24) is 5.32 Å². The molecule has 35 heavy (non-hydrogen) atoms. The van der Waals surface area contributed by atoms with Crippen LogP contribution in [0.3, 0.4) is 0 Å². The molecular formula is C27H38N2O5S. The number of aryl methyl sites for hydroxylation is 1. The van der Waals surface area contributed by atoms with E-state index in [1.807, 2.05) is 32.0 Å². The molecule has 2 atom stereocenters. The number of hydrogen-bond donors (Lipinski definition) is 1. The number of nitrogens with zero attached hydrogens (tertiary/aromatic N) is 1. The average molecular weight is 503 g/mol. The van der Waals surface area contributed by atoms with Crippen molar-refractivity contribution in [2.75, 3.05) is 24.2 Å². The molecule has 1 aliphatic rings. The molecule has 192 valence electrons. The zero-order chi connectivity index (χ0) is 26.3. The number of benzene rings is 2. The first-order chi connectivity index (χ1) is 16.1. The molecule has 0 radical (unpaired) electrons. The molecule has 0 aromatic heterocycles. The summed E-state index contributed by atoms with van der Waals surface area (Å²) in [7, 11) is -1.96. The number of sulfonamides is 1. The summed E-state index contributed by atoms with van der Waals surface area (Å²) in [5, 5.41) is 3.02. The van der Waals surface area contributed by atoms with E-state index in [0.29, 0.717) is 11.4 Å². The Morgan fingerprint density at radius 3 is 2.34 bits per heavy atom. The van der Waals surface area contributed by atoms with Gasteiger partial charge in [-0.05, 0) is 71.7 Å². The van der Waals surface area contributed by atoms with Gasteiger partial charge in [-0.15, -0.1) is 0 Å². The van der Waals surface area contributed by atoms with Crippen molar-refractivity contribution < 1.29 is 22.7 Å². The summed E-state index contributed by atoms with van der Waals surface area (Å²) in [6.07, 6.45) is 0.181. The maximum absolute atomic E-state index is 13.3. The Kier molecular flexibility index (Phi) is 7.46. The van der Waals surface area contributed by atoms with E-state index in [9.17, 15) is 13.2 Å². The molecule has 3 rings (SSSR count). The molecule has 0 fully saturated rings. The quantitative estimate of drug-likeness (QED) is 0.612. The van der Waals surface area contributed by atoms with Crippen molar-refractivity contribution >= 4 is 21.6 Å². The van der Waals surface area contributed by atoms with Gasteiger partial charge >= 0.3 is 0 Å². The van der Waals surface area contributed by atoms with Crippen molar-refractivity contribution in [1.29, 1.82) is 0 Å². The Bertz CT molecular complexity index is 1210. The summed E-state index contributed by atoms with van der Waals surface area (Å²) in [4.78, 5) is 13.3. The van der Waals surface area contributed by atoms with Gasteiger partial charge in [-0.2, -0.15) is 0 Å². The molecule has 2 aromatic rings. The summed E-state index contributed by atoms with van der Waals surface area (Å²) in [6.45, 7) is 14.2. The SMILES string of the molecule is COc1cc(C)c([C@H](C)NC(=O)[C@@H]2CN(S(C)(=O)=O)c3cc(C(C)(C)C)ccc3O2)cc1C(C)C. The smallest absolute Gasteiger partial charge is 0.263 e. The van der Waals surface area contributed by atoms with Gasteiger partial charge < -0.3 is 14.8 Å². The molecule has 0 spiro atoms. The van der Waals surface area contributed by atoms with Crippen molar-refractivity contribution in [2.45, 2.75) is 71.9 Å². The Hall–Kier alpha value is -2.74. The van der Waals surface area contributed by atoms with E-state index < -0.39 is 16.1 Å². The Morgan fingerprint density at radius 2 is 1.80 bits per heavy atom.